The Morgan fingerprint density at radius 3 is 1.89 bits per heavy atom. The molecule has 1 aliphatic rings. The number of para-hydroxylation sites is 2. The number of aromatic nitrogens is 4. The molecule has 0 bridgehead atoms. The largest absolute Gasteiger partial charge is 0.309 e. The van der Waals surface area contributed by atoms with Gasteiger partial charge >= 0.3 is 0 Å². The van der Waals surface area contributed by atoms with Crippen LogP contribution in [-0.4, -0.2) is 19.5 Å². The maximum atomic E-state index is 5.35. The van der Waals surface area contributed by atoms with Crippen LogP contribution in [0.25, 0.3) is 72.5 Å². The summed E-state index contributed by atoms with van der Waals surface area (Å²) in [6.07, 6.45) is 7.22. The van der Waals surface area contributed by atoms with E-state index in [0.29, 0.717) is 17.5 Å². The summed E-state index contributed by atoms with van der Waals surface area (Å²) in [5.41, 5.74) is 16.1. The first-order valence-corrected chi connectivity index (χ1v) is 21.8. The van der Waals surface area contributed by atoms with Gasteiger partial charge in [-0.3, -0.25) is 0 Å². The molecule has 4 nitrogen and oxygen atoms in total. The van der Waals surface area contributed by atoms with E-state index in [0.717, 1.165) is 78.9 Å². The van der Waals surface area contributed by atoms with Gasteiger partial charge in [0.15, 0.2) is 17.5 Å². The molecule has 4 heteroatoms. The van der Waals surface area contributed by atoms with Crippen molar-refractivity contribution in [2.45, 2.75) is 39.5 Å². The molecule has 0 saturated carbocycles. The summed E-state index contributed by atoms with van der Waals surface area (Å²) >= 11 is 0. The third-order valence-corrected chi connectivity index (χ3v) is 12.7. The van der Waals surface area contributed by atoms with Crippen LogP contribution < -0.4 is 0 Å². The second-order valence-corrected chi connectivity index (χ2v) is 16.5. The van der Waals surface area contributed by atoms with Gasteiger partial charge in [-0.15, -0.1) is 0 Å². The number of benzene rings is 7. The topological polar surface area (TPSA) is 43.6 Å². The van der Waals surface area contributed by atoms with E-state index in [9.17, 15) is 0 Å². The molecular formula is C59H48N4. The number of allylic oxidation sites excluding steroid dienone is 6. The van der Waals surface area contributed by atoms with Crippen LogP contribution in [-0.2, 0) is 5.41 Å². The van der Waals surface area contributed by atoms with E-state index >= 15 is 0 Å². The SMILES string of the molecule is C=C1C(=C)C(c2ccc(C)cc2)(c2ccc(C)cc2)c2cc(-c3ccc4c(c3)c3ccccc3n4-c3ccccc3)cc(-c3nc(C(/C=C\CC)=C/C)nc(-c4ccccc4)n3)c21. The molecule has 0 N–H and O–H groups in total. The fraction of sp³-hybridized carbons (Fsp3) is 0.102. The van der Waals surface area contributed by atoms with Gasteiger partial charge in [0.05, 0.1) is 16.4 Å². The van der Waals surface area contributed by atoms with Crippen molar-refractivity contribution >= 4 is 33.0 Å². The first-order valence-electron chi connectivity index (χ1n) is 21.8. The lowest BCUT2D eigenvalue weighted by Gasteiger charge is -2.34. The molecule has 304 valence electrons. The maximum absolute atomic E-state index is 5.35. The fourth-order valence-corrected chi connectivity index (χ4v) is 9.47. The summed E-state index contributed by atoms with van der Waals surface area (Å²) in [5.74, 6) is 1.81. The minimum Gasteiger partial charge on any atom is -0.309 e. The molecule has 0 radical (unpaired) electrons. The van der Waals surface area contributed by atoms with Crippen LogP contribution in [0.2, 0.25) is 0 Å². The molecule has 1 aliphatic carbocycles. The smallest absolute Gasteiger partial charge is 0.164 e. The van der Waals surface area contributed by atoms with Crippen LogP contribution >= 0.6 is 0 Å². The lowest BCUT2D eigenvalue weighted by Crippen LogP contribution is -2.28. The van der Waals surface area contributed by atoms with Gasteiger partial charge in [-0.25, -0.2) is 15.0 Å². The van der Waals surface area contributed by atoms with Crippen molar-refractivity contribution in [1.29, 1.82) is 0 Å². The number of nitrogens with zero attached hydrogens (tertiary/aromatic N) is 4. The molecule has 2 heterocycles. The summed E-state index contributed by atoms with van der Waals surface area (Å²) in [5, 5.41) is 2.38. The number of hydrogen-bond donors (Lipinski definition) is 0. The average Bonchev–Trinajstić information content (AvgIpc) is 3.78. The van der Waals surface area contributed by atoms with Gasteiger partial charge in [-0.1, -0.05) is 171 Å². The average molecular weight is 813 g/mol. The number of fused-ring (bicyclic) bond motifs is 4. The zero-order valence-electron chi connectivity index (χ0n) is 36.2. The van der Waals surface area contributed by atoms with Crippen molar-refractivity contribution in [1.82, 2.24) is 19.5 Å². The van der Waals surface area contributed by atoms with Crippen LogP contribution in [0.1, 0.15) is 59.5 Å². The molecule has 7 aromatic carbocycles. The van der Waals surface area contributed by atoms with Gasteiger partial charge in [-0.05, 0) is 114 Å². The zero-order valence-corrected chi connectivity index (χ0v) is 36.2. The lowest BCUT2D eigenvalue weighted by atomic mass is 9.67. The van der Waals surface area contributed by atoms with Crippen LogP contribution in [0.4, 0.5) is 0 Å². The molecule has 0 unspecified atom stereocenters. The summed E-state index contributed by atoms with van der Waals surface area (Å²) in [7, 11) is 0. The Kier molecular flexibility index (Phi) is 10.00. The van der Waals surface area contributed by atoms with E-state index in [1.807, 2.05) is 25.1 Å². The first kappa shape index (κ1) is 39.4. The molecule has 2 aromatic heterocycles. The standard InChI is InChI=1S/C59H48N4/c1-7-9-18-42(8-2)56-60-57(43-19-12-10-13-20-43)62-58(61-56)51-36-45(44-29-34-54-50(35-44)49-23-16-17-24-53(49)63(54)48-21-14-11-15-22-48)37-52-55(51)40(5)41(6)59(52,46-30-25-38(3)26-31-46)47-32-27-39(4)28-33-47/h8-37H,5-7H2,1-4H3/b18-9-,42-8+. The highest BCUT2D eigenvalue weighted by Crippen LogP contribution is 2.59. The summed E-state index contributed by atoms with van der Waals surface area (Å²) in [6.45, 7) is 18.2. The Hall–Kier alpha value is -7.69. The third-order valence-electron chi connectivity index (χ3n) is 12.7. The van der Waals surface area contributed by atoms with Crippen LogP contribution in [0.15, 0.2) is 201 Å². The van der Waals surface area contributed by atoms with Crippen molar-refractivity contribution < 1.29 is 0 Å². The monoisotopic (exact) mass is 812 g/mol. The van der Waals surface area contributed by atoms with Gasteiger partial charge in [-0.2, -0.15) is 0 Å². The van der Waals surface area contributed by atoms with E-state index in [4.69, 9.17) is 28.1 Å². The van der Waals surface area contributed by atoms with Gasteiger partial charge in [0, 0.05) is 33.2 Å². The quantitative estimate of drug-likeness (QED) is 0.136. The van der Waals surface area contributed by atoms with Crippen LogP contribution in [0, 0.1) is 13.8 Å². The number of aryl methyl sites for hydroxylation is 2. The minimum absolute atomic E-state index is 0.584. The van der Waals surface area contributed by atoms with E-state index in [1.165, 1.54) is 27.4 Å². The normalized spacial score (nSPS) is 13.7. The highest BCUT2D eigenvalue weighted by Gasteiger charge is 2.48. The highest BCUT2D eigenvalue weighted by atomic mass is 15.0. The summed E-state index contributed by atoms with van der Waals surface area (Å²) in [6, 6.07) is 58.8. The van der Waals surface area contributed by atoms with Gasteiger partial charge in [0.2, 0.25) is 0 Å². The van der Waals surface area contributed by atoms with Gasteiger partial charge in [0.1, 0.15) is 0 Å². The van der Waals surface area contributed by atoms with Crippen molar-refractivity contribution in [3.8, 4) is 39.6 Å². The Morgan fingerprint density at radius 1 is 0.603 bits per heavy atom. The number of hydrogen-bond acceptors (Lipinski definition) is 3. The second-order valence-electron chi connectivity index (χ2n) is 16.5. The van der Waals surface area contributed by atoms with E-state index < -0.39 is 5.41 Å². The molecule has 0 amide bonds. The van der Waals surface area contributed by atoms with Crippen molar-refractivity contribution in [3.63, 3.8) is 0 Å². The fourth-order valence-electron chi connectivity index (χ4n) is 9.47. The van der Waals surface area contributed by atoms with Gasteiger partial charge < -0.3 is 4.57 Å². The highest BCUT2D eigenvalue weighted by molar-refractivity contribution is 6.11. The molecule has 0 fully saturated rings. The Bertz CT molecular complexity index is 3250. The maximum Gasteiger partial charge on any atom is 0.164 e. The van der Waals surface area contributed by atoms with Crippen LogP contribution in [0.5, 0.6) is 0 Å². The second kappa shape index (κ2) is 16.0. The summed E-state index contributed by atoms with van der Waals surface area (Å²) < 4.78 is 2.36. The predicted molar refractivity (Wildman–Crippen MR) is 264 cm³/mol. The first-order chi connectivity index (χ1) is 30.8. The van der Waals surface area contributed by atoms with E-state index in [1.54, 1.807) is 0 Å². The minimum atomic E-state index is -0.748. The Morgan fingerprint density at radius 2 is 1.22 bits per heavy atom. The molecule has 0 saturated heterocycles. The van der Waals surface area contributed by atoms with Crippen LogP contribution in [0.3, 0.4) is 0 Å². The predicted octanol–water partition coefficient (Wildman–Crippen LogP) is 14.9. The molecule has 0 atom stereocenters. The Labute approximate surface area is 370 Å². The molecule has 63 heavy (non-hydrogen) atoms. The van der Waals surface area contributed by atoms with Gasteiger partial charge in [0.25, 0.3) is 0 Å². The van der Waals surface area contributed by atoms with Crippen molar-refractivity contribution in [2.75, 3.05) is 0 Å². The van der Waals surface area contributed by atoms with E-state index in [2.05, 4.69) is 189 Å². The molecular weight excluding hydrogens is 765 g/mol. The number of rotatable bonds is 9. The molecule has 0 spiro atoms. The Balaban J connectivity index is 1.31. The lowest BCUT2D eigenvalue weighted by molar-refractivity contribution is 0.771. The zero-order chi connectivity index (χ0) is 43.2. The molecule has 0 aliphatic heterocycles. The molecule has 10 rings (SSSR count). The third kappa shape index (κ3) is 6.58. The summed E-state index contributed by atoms with van der Waals surface area (Å²) in [4.78, 5) is 15.8. The van der Waals surface area contributed by atoms with E-state index in [-0.39, 0.29) is 0 Å². The van der Waals surface area contributed by atoms with Crippen molar-refractivity contribution in [3.05, 3.63) is 240 Å². The van der Waals surface area contributed by atoms with Crippen molar-refractivity contribution in [2.24, 2.45) is 0 Å². The molecule has 9 aromatic rings.